The zero-order valence-electron chi connectivity index (χ0n) is 18.4. The Morgan fingerprint density at radius 1 is 0.806 bits per heavy atom. The predicted molar refractivity (Wildman–Crippen MR) is 99.3 cm³/mol. The van der Waals surface area contributed by atoms with Crippen LogP contribution in [0.5, 0.6) is 0 Å². The molecule has 0 radical (unpaired) electrons. The molecule has 0 aliphatic rings. The van der Waals surface area contributed by atoms with E-state index in [1.54, 1.807) is 0 Å². The third-order valence-electron chi connectivity index (χ3n) is 3.70. The van der Waals surface area contributed by atoms with Gasteiger partial charge in [0.15, 0.2) is 0 Å². The number of carbonyl (C=O) groups excluding carboxylic acids is 2. The summed E-state index contributed by atoms with van der Waals surface area (Å²) in [6.45, 7) is 2.31. The normalized spacial score (nSPS) is 11.8. The summed E-state index contributed by atoms with van der Waals surface area (Å²) >= 11 is 0. The number of hydrogen-bond acceptors (Lipinski definition) is 9. The number of rotatable bonds is 16. The predicted octanol–water partition coefficient (Wildman–Crippen LogP) is -6.13. The van der Waals surface area contributed by atoms with Gasteiger partial charge in [0.1, 0.15) is 5.25 Å². The molecule has 0 aliphatic carbocycles. The van der Waals surface area contributed by atoms with Crippen LogP contribution in [0.2, 0.25) is 0 Å². The van der Waals surface area contributed by atoms with Crippen molar-refractivity contribution in [3.05, 3.63) is 0 Å². The van der Waals surface area contributed by atoms with Gasteiger partial charge in [0, 0.05) is 12.4 Å². The molecular weight excluding hydrogens is 478 g/mol. The molecule has 0 saturated heterocycles. The zero-order chi connectivity index (χ0) is 22.9. The molecule has 11 nitrogen and oxygen atoms in total. The van der Waals surface area contributed by atoms with E-state index in [9.17, 15) is 36.6 Å². The first-order chi connectivity index (χ1) is 13.3. The van der Waals surface area contributed by atoms with E-state index in [0.717, 1.165) is 12.8 Å². The molecule has 0 aliphatic heterocycles. The van der Waals surface area contributed by atoms with Gasteiger partial charge in [-0.1, -0.05) is 64.7 Å². The van der Waals surface area contributed by atoms with E-state index < -0.39 is 44.1 Å². The van der Waals surface area contributed by atoms with Gasteiger partial charge in [-0.2, -0.15) is 16.8 Å². The molecule has 0 aromatic rings. The number of carboxylic acids is 2. The van der Waals surface area contributed by atoms with E-state index in [1.807, 2.05) is 0 Å². The Kier molecular flexibility index (Phi) is 28.3. The van der Waals surface area contributed by atoms with Crippen molar-refractivity contribution < 1.29 is 109 Å². The second-order valence-electron chi connectivity index (χ2n) is 6.33. The van der Waals surface area contributed by atoms with Gasteiger partial charge in [-0.3, -0.25) is 9.11 Å². The minimum Gasteiger partial charge on any atom is -0.550 e. The van der Waals surface area contributed by atoms with Crippen molar-refractivity contribution in [2.75, 3.05) is 6.61 Å². The summed E-state index contributed by atoms with van der Waals surface area (Å²) in [6.07, 6.45) is 10.5. The number of carboxylic acid groups (broad SMARTS) is 2. The first kappa shape index (κ1) is 39.0. The average Bonchev–Trinajstić information content (AvgIpc) is 2.56. The van der Waals surface area contributed by atoms with Crippen LogP contribution in [0, 0.1) is 0 Å². The van der Waals surface area contributed by atoms with Crippen molar-refractivity contribution in [1.82, 2.24) is 0 Å². The minimum atomic E-state index is -4.94. The van der Waals surface area contributed by atoms with Crippen LogP contribution in [0.4, 0.5) is 0 Å². The molecule has 1 atom stereocenters. The Hall–Kier alpha value is 0.720. The molecule has 15 heteroatoms. The average molecular weight is 509 g/mol. The standard InChI is InChI=1S/C12H26O4S.C4H6O7S.2Na/c1-2-3-4-5-6-7-8-9-10-11-12-16-17(13,14)15;5-3(6)1-2(4(7)8)12(9,10)11;;/h2-12H2,1H3,(H,13,14,15);2H,1H2,(H,5,6)(H,7,8)(H,9,10,11);;/q;;2*+1/p-2. The Balaban J connectivity index is -0.000000232. The monoisotopic (exact) mass is 508 g/mol. The van der Waals surface area contributed by atoms with Crippen LogP contribution in [0.25, 0.3) is 0 Å². The largest absolute Gasteiger partial charge is 1.00 e. The summed E-state index contributed by atoms with van der Waals surface area (Å²) < 4.78 is 61.5. The van der Waals surface area contributed by atoms with E-state index in [0.29, 0.717) is 6.42 Å². The van der Waals surface area contributed by atoms with E-state index >= 15 is 0 Å². The van der Waals surface area contributed by atoms with Crippen molar-refractivity contribution in [3.8, 4) is 0 Å². The van der Waals surface area contributed by atoms with Gasteiger partial charge in [0.05, 0.1) is 12.6 Å². The van der Waals surface area contributed by atoms with E-state index in [2.05, 4.69) is 11.1 Å². The summed E-state index contributed by atoms with van der Waals surface area (Å²) in [5.41, 5.74) is 0. The molecule has 31 heavy (non-hydrogen) atoms. The fourth-order valence-corrected chi connectivity index (χ4v) is 3.13. The van der Waals surface area contributed by atoms with E-state index in [4.69, 9.17) is 9.11 Å². The molecule has 0 aromatic carbocycles. The Morgan fingerprint density at radius 3 is 1.45 bits per heavy atom. The van der Waals surface area contributed by atoms with Gasteiger partial charge in [0.25, 0.3) is 10.1 Å². The Labute approximate surface area is 229 Å². The molecular formula is C16H30Na2O11S2. The summed E-state index contributed by atoms with van der Waals surface area (Å²) in [7, 11) is -9.18. The molecule has 1 unspecified atom stereocenters. The molecule has 0 fully saturated rings. The maximum atomic E-state index is 10.2. The molecule has 0 bridgehead atoms. The van der Waals surface area contributed by atoms with E-state index in [1.165, 1.54) is 44.9 Å². The van der Waals surface area contributed by atoms with Crippen molar-refractivity contribution in [2.45, 2.75) is 82.8 Å². The summed E-state index contributed by atoms with van der Waals surface area (Å²) in [6, 6.07) is 0. The maximum Gasteiger partial charge on any atom is 1.00 e. The van der Waals surface area contributed by atoms with Crippen molar-refractivity contribution >= 4 is 32.5 Å². The first-order valence-corrected chi connectivity index (χ1v) is 12.2. The second-order valence-corrected chi connectivity index (χ2v) is 9.02. The molecule has 0 spiro atoms. The molecule has 2 N–H and O–H groups in total. The molecule has 0 heterocycles. The number of unbranched alkanes of at least 4 members (excludes halogenated alkanes) is 9. The molecule has 0 aromatic heterocycles. The minimum absolute atomic E-state index is 0. The summed E-state index contributed by atoms with van der Waals surface area (Å²) in [4.78, 5) is 19.7. The maximum absolute atomic E-state index is 10.2. The van der Waals surface area contributed by atoms with Crippen molar-refractivity contribution in [3.63, 3.8) is 0 Å². The van der Waals surface area contributed by atoms with Crippen LogP contribution in [0.3, 0.4) is 0 Å². The third-order valence-corrected chi connectivity index (χ3v) is 5.25. The SMILES string of the molecule is CCCCCCCCCCCCOS(=O)(=O)O.O=C([O-])CC(C(=O)[O-])S(=O)(=O)O.[Na+].[Na+]. The molecule has 0 rings (SSSR count). The van der Waals surface area contributed by atoms with Gasteiger partial charge < -0.3 is 19.8 Å². The fraction of sp³-hybridized carbons (Fsp3) is 0.875. The van der Waals surface area contributed by atoms with Crippen molar-refractivity contribution in [1.29, 1.82) is 0 Å². The topological polar surface area (TPSA) is 198 Å². The van der Waals surface area contributed by atoms with Crippen LogP contribution in [-0.2, 0) is 34.3 Å². The van der Waals surface area contributed by atoms with Gasteiger partial charge in [-0.05, 0) is 6.42 Å². The molecule has 0 amide bonds. The molecule has 0 saturated carbocycles. The van der Waals surface area contributed by atoms with Crippen LogP contribution in [0.1, 0.15) is 77.6 Å². The van der Waals surface area contributed by atoms with Gasteiger partial charge in [0.2, 0.25) is 0 Å². The number of carbonyl (C=O) groups is 2. The van der Waals surface area contributed by atoms with Crippen LogP contribution in [-0.4, -0.2) is 49.7 Å². The van der Waals surface area contributed by atoms with Crippen molar-refractivity contribution in [2.24, 2.45) is 0 Å². The number of hydrogen-bond donors (Lipinski definition) is 2. The third kappa shape index (κ3) is 30.7. The molecule has 174 valence electrons. The fourth-order valence-electron chi connectivity index (χ4n) is 2.22. The number of aliphatic carboxylic acids is 2. The van der Waals surface area contributed by atoms with Crippen LogP contribution >= 0.6 is 0 Å². The smallest absolute Gasteiger partial charge is 0.550 e. The Morgan fingerprint density at radius 2 is 1.19 bits per heavy atom. The van der Waals surface area contributed by atoms with Gasteiger partial charge in [-0.25, -0.2) is 4.18 Å². The Bertz CT molecular complexity index is 667. The summed E-state index contributed by atoms with van der Waals surface area (Å²) in [5.74, 6) is -4.08. The van der Waals surface area contributed by atoms with Crippen LogP contribution in [0.15, 0.2) is 0 Å². The quantitative estimate of drug-likeness (QED) is 0.114. The van der Waals surface area contributed by atoms with Gasteiger partial charge in [-0.15, -0.1) is 0 Å². The summed E-state index contributed by atoms with van der Waals surface area (Å²) in [5, 5.41) is 17.3. The van der Waals surface area contributed by atoms with E-state index in [-0.39, 0.29) is 65.7 Å². The van der Waals surface area contributed by atoms with Crippen LogP contribution < -0.4 is 69.3 Å². The first-order valence-electron chi connectivity index (χ1n) is 9.30. The van der Waals surface area contributed by atoms with Gasteiger partial charge >= 0.3 is 69.5 Å². The zero-order valence-corrected chi connectivity index (χ0v) is 24.1. The second kappa shape index (κ2) is 22.5.